The smallest absolute Gasteiger partial charge is 0.263 e. The summed E-state index contributed by atoms with van der Waals surface area (Å²) in [6.45, 7) is 3.16. The summed E-state index contributed by atoms with van der Waals surface area (Å²) >= 11 is 3.10. The Morgan fingerprint density at radius 1 is 1.29 bits per heavy atom. The van der Waals surface area contributed by atoms with Crippen molar-refractivity contribution in [3.63, 3.8) is 0 Å². The van der Waals surface area contributed by atoms with Crippen LogP contribution >= 0.6 is 23.1 Å². The van der Waals surface area contributed by atoms with Crippen LogP contribution in [0.2, 0.25) is 0 Å². The number of thiophene rings is 1. The molecular formula is C18H20N2O2S2. The summed E-state index contributed by atoms with van der Waals surface area (Å²) in [7, 11) is 1.79. The highest BCUT2D eigenvalue weighted by Crippen LogP contribution is 2.39. The zero-order valence-electron chi connectivity index (χ0n) is 13.8. The molecule has 2 aromatic rings. The zero-order valence-corrected chi connectivity index (χ0v) is 15.4. The van der Waals surface area contributed by atoms with Gasteiger partial charge in [0, 0.05) is 20.1 Å². The van der Waals surface area contributed by atoms with Gasteiger partial charge in [-0.25, -0.2) is 0 Å². The van der Waals surface area contributed by atoms with E-state index in [4.69, 9.17) is 0 Å². The monoisotopic (exact) mass is 360 g/mol. The Morgan fingerprint density at radius 2 is 2.08 bits per heavy atom. The molecule has 1 saturated heterocycles. The van der Waals surface area contributed by atoms with Crippen molar-refractivity contribution < 1.29 is 9.59 Å². The Kier molecular flexibility index (Phi) is 5.26. The molecule has 2 amide bonds. The minimum absolute atomic E-state index is 0.0109. The van der Waals surface area contributed by atoms with E-state index in [-0.39, 0.29) is 17.2 Å². The summed E-state index contributed by atoms with van der Waals surface area (Å²) in [6, 6.07) is 11.9. The van der Waals surface area contributed by atoms with E-state index < -0.39 is 0 Å². The molecule has 1 fully saturated rings. The molecule has 3 rings (SSSR count). The van der Waals surface area contributed by atoms with Crippen molar-refractivity contribution in [1.29, 1.82) is 0 Å². The number of rotatable bonds is 5. The molecule has 1 unspecified atom stereocenters. The van der Waals surface area contributed by atoms with Crippen LogP contribution in [0.5, 0.6) is 0 Å². The van der Waals surface area contributed by atoms with E-state index in [1.54, 1.807) is 23.7 Å². The fourth-order valence-corrected chi connectivity index (χ4v) is 4.80. The number of aryl methyl sites for hydroxylation is 1. The topological polar surface area (TPSA) is 40.6 Å². The molecule has 1 aliphatic heterocycles. The molecule has 0 N–H and O–H groups in total. The van der Waals surface area contributed by atoms with Crippen molar-refractivity contribution in [3.8, 4) is 0 Å². The van der Waals surface area contributed by atoms with Gasteiger partial charge in [-0.1, -0.05) is 30.3 Å². The van der Waals surface area contributed by atoms with Gasteiger partial charge in [-0.2, -0.15) is 0 Å². The summed E-state index contributed by atoms with van der Waals surface area (Å²) in [6.07, 6.45) is 0. The minimum Gasteiger partial charge on any atom is -0.339 e. The standard InChI is InChI=1S/C18H20N2O2S2/c1-13-6-3-4-7-14(13)18-20(16(21)12-24-18)10-9-19(2)17(22)15-8-5-11-23-15/h3-8,11,18H,9-10,12H2,1-2H3. The van der Waals surface area contributed by atoms with Crippen molar-refractivity contribution in [3.05, 3.63) is 57.8 Å². The quantitative estimate of drug-likeness (QED) is 0.820. The van der Waals surface area contributed by atoms with E-state index in [0.717, 1.165) is 4.88 Å². The third-order valence-electron chi connectivity index (χ3n) is 4.18. The third kappa shape index (κ3) is 3.49. The Morgan fingerprint density at radius 3 is 2.79 bits per heavy atom. The first-order valence-corrected chi connectivity index (χ1v) is 9.76. The highest BCUT2D eigenvalue weighted by Gasteiger charge is 2.33. The van der Waals surface area contributed by atoms with E-state index in [9.17, 15) is 9.59 Å². The lowest BCUT2D eigenvalue weighted by atomic mass is 10.1. The molecule has 126 valence electrons. The normalized spacial score (nSPS) is 17.3. The van der Waals surface area contributed by atoms with Crippen molar-refractivity contribution in [2.75, 3.05) is 25.9 Å². The van der Waals surface area contributed by atoms with E-state index in [1.165, 1.54) is 22.5 Å². The number of hydrogen-bond acceptors (Lipinski definition) is 4. The molecule has 0 spiro atoms. The van der Waals surface area contributed by atoms with E-state index in [0.29, 0.717) is 18.8 Å². The molecule has 4 nitrogen and oxygen atoms in total. The lowest BCUT2D eigenvalue weighted by molar-refractivity contribution is -0.128. The second-order valence-electron chi connectivity index (χ2n) is 5.81. The van der Waals surface area contributed by atoms with E-state index in [1.807, 2.05) is 34.5 Å². The average Bonchev–Trinajstić information content (AvgIpc) is 3.23. The van der Waals surface area contributed by atoms with Crippen LogP contribution in [-0.4, -0.2) is 47.5 Å². The Balaban J connectivity index is 1.67. The highest BCUT2D eigenvalue weighted by molar-refractivity contribution is 8.00. The average molecular weight is 361 g/mol. The number of hydrogen-bond donors (Lipinski definition) is 0. The molecule has 6 heteroatoms. The van der Waals surface area contributed by atoms with Crippen molar-refractivity contribution >= 4 is 34.9 Å². The van der Waals surface area contributed by atoms with Gasteiger partial charge in [-0.05, 0) is 29.5 Å². The Bertz CT molecular complexity index is 730. The summed E-state index contributed by atoms with van der Waals surface area (Å²) in [4.78, 5) is 28.9. The van der Waals surface area contributed by atoms with Crippen LogP contribution in [0.15, 0.2) is 41.8 Å². The number of likely N-dealkylation sites (N-methyl/N-ethyl adjacent to an activating group) is 1. The molecule has 1 aliphatic rings. The first-order valence-electron chi connectivity index (χ1n) is 7.83. The van der Waals surface area contributed by atoms with Gasteiger partial charge in [0.2, 0.25) is 5.91 Å². The number of carbonyl (C=O) groups excluding carboxylic acids is 2. The lowest BCUT2D eigenvalue weighted by Crippen LogP contribution is -2.38. The van der Waals surface area contributed by atoms with Crippen LogP contribution < -0.4 is 0 Å². The van der Waals surface area contributed by atoms with E-state index in [2.05, 4.69) is 19.1 Å². The molecular weight excluding hydrogens is 340 g/mol. The molecule has 1 aromatic heterocycles. The van der Waals surface area contributed by atoms with Crippen molar-refractivity contribution in [1.82, 2.24) is 9.80 Å². The van der Waals surface area contributed by atoms with Crippen LogP contribution in [0, 0.1) is 6.92 Å². The minimum atomic E-state index is 0.0109. The number of amides is 2. The summed E-state index contributed by atoms with van der Waals surface area (Å²) in [5.41, 5.74) is 2.37. The molecule has 1 atom stereocenters. The fraction of sp³-hybridized carbons (Fsp3) is 0.333. The van der Waals surface area contributed by atoms with Gasteiger partial charge < -0.3 is 9.80 Å². The third-order valence-corrected chi connectivity index (χ3v) is 6.27. The molecule has 0 saturated carbocycles. The zero-order chi connectivity index (χ0) is 17.1. The maximum absolute atomic E-state index is 12.3. The number of benzene rings is 1. The van der Waals surface area contributed by atoms with Crippen LogP contribution in [0.4, 0.5) is 0 Å². The van der Waals surface area contributed by atoms with Crippen molar-refractivity contribution in [2.45, 2.75) is 12.3 Å². The number of carbonyl (C=O) groups is 2. The first-order chi connectivity index (χ1) is 11.6. The number of thioether (sulfide) groups is 1. The largest absolute Gasteiger partial charge is 0.339 e. The van der Waals surface area contributed by atoms with Crippen LogP contribution in [0.25, 0.3) is 0 Å². The number of nitrogens with zero attached hydrogens (tertiary/aromatic N) is 2. The highest BCUT2D eigenvalue weighted by atomic mass is 32.2. The molecule has 0 bridgehead atoms. The second-order valence-corrected chi connectivity index (χ2v) is 7.83. The molecule has 1 aromatic carbocycles. The Hall–Kier alpha value is -1.79. The Labute approximate surface area is 150 Å². The first kappa shape index (κ1) is 17.0. The van der Waals surface area contributed by atoms with Gasteiger partial charge in [0.25, 0.3) is 5.91 Å². The molecule has 0 aliphatic carbocycles. The van der Waals surface area contributed by atoms with Gasteiger partial charge in [-0.15, -0.1) is 23.1 Å². The molecule has 2 heterocycles. The SMILES string of the molecule is Cc1ccccc1C1SCC(=O)N1CCN(C)C(=O)c1cccs1. The van der Waals surface area contributed by atoms with Crippen LogP contribution in [0.3, 0.4) is 0 Å². The van der Waals surface area contributed by atoms with Gasteiger partial charge in [0.1, 0.15) is 5.37 Å². The van der Waals surface area contributed by atoms with Gasteiger partial charge in [0.15, 0.2) is 0 Å². The van der Waals surface area contributed by atoms with Gasteiger partial charge >= 0.3 is 0 Å². The van der Waals surface area contributed by atoms with Gasteiger partial charge in [-0.3, -0.25) is 9.59 Å². The second kappa shape index (κ2) is 7.40. The van der Waals surface area contributed by atoms with E-state index >= 15 is 0 Å². The molecule has 24 heavy (non-hydrogen) atoms. The maximum atomic E-state index is 12.3. The maximum Gasteiger partial charge on any atom is 0.263 e. The predicted octanol–water partition coefficient (Wildman–Crippen LogP) is 3.40. The summed E-state index contributed by atoms with van der Waals surface area (Å²) < 4.78 is 0. The van der Waals surface area contributed by atoms with Crippen LogP contribution in [0.1, 0.15) is 26.2 Å². The fourth-order valence-electron chi connectivity index (χ4n) is 2.77. The van der Waals surface area contributed by atoms with Gasteiger partial charge in [0.05, 0.1) is 10.6 Å². The van der Waals surface area contributed by atoms with Crippen molar-refractivity contribution in [2.24, 2.45) is 0 Å². The lowest BCUT2D eigenvalue weighted by Gasteiger charge is -2.27. The summed E-state index contributed by atoms with van der Waals surface area (Å²) in [5.74, 6) is 0.656. The molecule has 0 radical (unpaired) electrons. The van der Waals surface area contributed by atoms with Crippen LogP contribution in [-0.2, 0) is 4.79 Å². The predicted molar refractivity (Wildman–Crippen MR) is 99.4 cm³/mol. The summed E-state index contributed by atoms with van der Waals surface area (Å²) in [5, 5.41) is 1.94.